The van der Waals surface area contributed by atoms with Crippen molar-refractivity contribution >= 4 is 12.6 Å². The normalized spacial score (nSPS) is 15.7. The third-order valence-corrected chi connectivity index (χ3v) is 1.70. The quantitative estimate of drug-likeness (QED) is 0.411. The van der Waals surface area contributed by atoms with Crippen molar-refractivity contribution in [2.24, 2.45) is 0 Å². The summed E-state index contributed by atoms with van der Waals surface area (Å²) in [6.45, 7) is 3.57. The van der Waals surface area contributed by atoms with E-state index in [1.54, 1.807) is 6.92 Å². The molecule has 56 valence electrons. The average Bonchev–Trinajstić information content (AvgIpc) is 1.65. The van der Waals surface area contributed by atoms with E-state index >= 15 is 0 Å². The zero-order valence-electron chi connectivity index (χ0n) is 5.83. The van der Waals surface area contributed by atoms with Crippen molar-refractivity contribution < 1.29 is 10.2 Å². The monoisotopic (exact) mass is 150 g/mol. The molecule has 9 heavy (non-hydrogen) atoms. The molecule has 0 saturated heterocycles. The first-order valence-corrected chi connectivity index (χ1v) is 3.65. The molecule has 0 aliphatic carbocycles. The summed E-state index contributed by atoms with van der Waals surface area (Å²) < 4.78 is 0. The Morgan fingerprint density at radius 1 is 1.56 bits per heavy atom. The number of hydrogen-bond donors (Lipinski definition) is 3. The molecule has 0 aliphatic rings. The molecular weight excluding hydrogens is 136 g/mol. The Hall–Kier alpha value is 0.270. The van der Waals surface area contributed by atoms with E-state index < -0.39 is 5.79 Å². The molecule has 0 aromatic carbocycles. The van der Waals surface area contributed by atoms with Crippen LogP contribution in [-0.4, -0.2) is 21.3 Å². The highest BCUT2D eigenvalue weighted by atomic mass is 32.1. The van der Waals surface area contributed by atoms with Gasteiger partial charge in [-0.05, 0) is 6.92 Å². The smallest absolute Gasteiger partial charge is 0.174 e. The fourth-order valence-electron chi connectivity index (χ4n) is 0.577. The van der Waals surface area contributed by atoms with Crippen LogP contribution < -0.4 is 0 Å². The van der Waals surface area contributed by atoms with Gasteiger partial charge in [0.25, 0.3) is 0 Å². The minimum Gasteiger partial charge on any atom is -0.365 e. The molecule has 0 spiro atoms. The van der Waals surface area contributed by atoms with Gasteiger partial charge in [-0.15, -0.1) is 0 Å². The first-order chi connectivity index (χ1) is 4.00. The van der Waals surface area contributed by atoms with E-state index in [4.69, 9.17) is 10.2 Å². The molecule has 0 heterocycles. The van der Waals surface area contributed by atoms with Gasteiger partial charge in [0.15, 0.2) is 5.79 Å². The van der Waals surface area contributed by atoms with Crippen LogP contribution in [0.3, 0.4) is 0 Å². The summed E-state index contributed by atoms with van der Waals surface area (Å²) in [6.07, 6.45) is 1.15. The van der Waals surface area contributed by atoms with Crippen LogP contribution in [0.2, 0.25) is 0 Å². The molecule has 1 unspecified atom stereocenters. The number of rotatable bonds is 3. The summed E-state index contributed by atoms with van der Waals surface area (Å²) >= 11 is 3.91. The molecule has 0 aromatic heterocycles. The SMILES string of the molecule is CCCC(O)(O)C(C)S. The third-order valence-electron chi connectivity index (χ3n) is 1.29. The van der Waals surface area contributed by atoms with E-state index in [1.165, 1.54) is 0 Å². The van der Waals surface area contributed by atoms with Crippen molar-refractivity contribution in [1.82, 2.24) is 0 Å². The predicted molar refractivity (Wildman–Crippen MR) is 40.5 cm³/mol. The van der Waals surface area contributed by atoms with Gasteiger partial charge in [-0.1, -0.05) is 13.3 Å². The van der Waals surface area contributed by atoms with E-state index in [9.17, 15) is 0 Å². The van der Waals surface area contributed by atoms with Crippen molar-refractivity contribution in [2.75, 3.05) is 0 Å². The van der Waals surface area contributed by atoms with Gasteiger partial charge in [-0.2, -0.15) is 12.6 Å². The summed E-state index contributed by atoms with van der Waals surface area (Å²) in [7, 11) is 0. The van der Waals surface area contributed by atoms with Gasteiger partial charge in [0.2, 0.25) is 0 Å². The molecule has 3 heteroatoms. The van der Waals surface area contributed by atoms with Crippen molar-refractivity contribution in [3.63, 3.8) is 0 Å². The van der Waals surface area contributed by atoms with Crippen LogP contribution in [0.5, 0.6) is 0 Å². The maximum absolute atomic E-state index is 9.07. The zero-order valence-corrected chi connectivity index (χ0v) is 6.73. The van der Waals surface area contributed by atoms with Gasteiger partial charge in [0.1, 0.15) is 0 Å². The molecule has 2 N–H and O–H groups in total. The van der Waals surface area contributed by atoms with Crippen LogP contribution in [0, 0.1) is 0 Å². The van der Waals surface area contributed by atoms with Gasteiger partial charge < -0.3 is 10.2 Å². The minimum absolute atomic E-state index is 0.377. The summed E-state index contributed by atoms with van der Waals surface area (Å²) in [6, 6.07) is 0. The molecule has 0 radical (unpaired) electrons. The molecule has 0 rings (SSSR count). The standard InChI is InChI=1S/C6H14O2S/c1-3-4-6(7,8)5(2)9/h5,7-9H,3-4H2,1-2H3. The highest BCUT2D eigenvalue weighted by Gasteiger charge is 2.26. The summed E-state index contributed by atoms with van der Waals surface area (Å²) in [4.78, 5) is 0. The molecule has 0 amide bonds. The van der Waals surface area contributed by atoms with Gasteiger partial charge in [-0.25, -0.2) is 0 Å². The van der Waals surface area contributed by atoms with E-state index in [0.29, 0.717) is 6.42 Å². The van der Waals surface area contributed by atoms with Crippen LogP contribution >= 0.6 is 12.6 Å². The first kappa shape index (κ1) is 9.27. The van der Waals surface area contributed by atoms with Gasteiger partial charge in [0.05, 0.1) is 5.25 Å². The number of aliphatic hydroxyl groups is 2. The average molecular weight is 150 g/mol. The Bertz CT molecular complexity index is 81.1. The summed E-state index contributed by atoms with van der Waals surface area (Å²) in [5.74, 6) is -1.59. The Labute approximate surface area is 61.3 Å². The maximum Gasteiger partial charge on any atom is 0.174 e. The Balaban J connectivity index is 3.70. The second kappa shape index (κ2) is 3.44. The largest absolute Gasteiger partial charge is 0.365 e. The van der Waals surface area contributed by atoms with E-state index in [0.717, 1.165) is 6.42 Å². The van der Waals surface area contributed by atoms with E-state index in [2.05, 4.69) is 12.6 Å². The molecular formula is C6H14O2S. The molecule has 1 atom stereocenters. The predicted octanol–water partition coefficient (Wildman–Crippen LogP) is 0.786. The molecule has 2 nitrogen and oxygen atoms in total. The van der Waals surface area contributed by atoms with Crippen molar-refractivity contribution in [2.45, 2.75) is 37.7 Å². The van der Waals surface area contributed by atoms with Crippen LogP contribution in [0.4, 0.5) is 0 Å². The van der Waals surface area contributed by atoms with Crippen LogP contribution in [0.15, 0.2) is 0 Å². The fraction of sp³-hybridized carbons (Fsp3) is 1.00. The first-order valence-electron chi connectivity index (χ1n) is 3.13. The van der Waals surface area contributed by atoms with Crippen LogP contribution in [0.1, 0.15) is 26.7 Å². The lowest BCUT2D eigenvalue weighted by atomic mass is 10.1. The van der Waals surface area contributed by atoms with Crippen molar-refractivity contribution in [3.05, 3.63) is 0 Å². The lowest BCUT2D eigenvalue weighted by Gasteiger charge is -2.24. The van der Waals surface area contributed by atoms with Crippen molar-refractivity contribution in [1.29, 1.82) is 0 Å². The summed E-state index contributed by atoms with van der Waals surface area (Å²) in [5, 5.41) is 17.8. The summed E-state index contributed by atoms with van der Waals surface area (Å²) in [5.41, 5.74) is 0. The molecule has 0 aliphatic heterocycles. The Morgan fingerprint density at radius 2 is 2.00 bits per heavy atom. The van der Waals surface area contributed by atoms with Crippen LogP contribution in [0.25, 0.3) is 0 Å². The molecule has 0 saturated carbocycles. The minimum atomic E-state index is -1.59. The number of hydrogen-bond acceptors (Lipinski definition) is 3. The number of thiol groups is 1. The third kappa shape index (κ3) is 3.08. The van der Waals surface area contributed by atoms with Gasteiger partial charge in [0, 0.05) is 6.42 Å². The van der Waals surface area contributed by atoms with E-state index in [-0.39, 0.29) is 5.25 Å². The maximum atomic E-state index is 9.07. The lowest BCUT2D eigenvalue weighted by molar-refractivity contribution is -0.161. The second-order valence-corrected chi connectivity index (χ2v) is 3.08. The Morgan fingerprint density at radius 3 is 2.11 bits per heavy atom. The molecule has 0 fully saturated rings. The molecule has 0 aromatic rings. The highest BCUT2D eigenvalue weighted by Crippen LogP contribution is 2.17. The van der Waals surface area contributed by atoms with E-state index in [1.807, 2.05) is 6.92 Å². The fourth-order valence-corrected chi connectivity index (χ4v) is 0.706. The Kier molecular flexibility index (Phi) is 3.54. The zero-order chi connectivity index (χ0) is 7.49. The topological polar surface area (TPSA) is 40.5 Å². The molecule has 0 bridgehead atoms. The second-order valence-electron chi connectivity index (χ2n) is 2.30. The highest BCUT2D eigenvalue weighted by molar-refractivity contribution is 7.81. The van der Waals surface area contributed by atoms with Gasteiger partial charge in [-0.3, -0.25) is 0 Å². The van der Waals surface area contributed by atoms with Gasteiger partial charge >= 0.3 is 0 Å². The van der Waals surface area contributed by atoms with Crippen molar-refractivity contribution in [3.8, 4) is 0 Å². The lowest BCUT2D eigenvalue weighted by Crippen LogP contribution is -2.36. The van der Waals surface area contributed by atoms with Crippen LogP contribution in [-0.2, 0) is 0 Å².